The summed E-state index contributed by atoms with van der Waals surface area (Å²) in [5.74, 6) is -0.687. The van der Waals surface area contributed by atoms with E-state index >= 15 is 0 Å². The van der Waals surface area contributed by atoms with Gasteiger partial charge in [-0.3, -0.25) is 4.79 Å². The van der Waals surface area contributed by atoms with Gasteiger partial charge in [-0.25, -0.2) is 4.79 Å². The summed E-state index contributed by atoms with van der Waals surface area (Å²) in [7, 11) is 0. The number of ether oxygens (including phenoxy) is 1. The van der Waals surface area contributed by atoms with E-state index in [9.17, 15) is 9.59 Å². The van der Waals surface area contributed by atoms with Gasteiger partial charge in [0.15, 0.2) is 0 Å². The van der Waals surface area contributed by atoms with Crippen LogP contribution in [-0.4, -0.2) is 12.1 Å². The molecular formula is C3H5N2O3. The molecule has 0 aromatic carbocycles. The number of nitrogens with zero attached hydrogens (tertiary/aromatic N) is 1. The fraction of sp³-hybridized carbons (Fsp3) is 0.333. The van der Waals surface area contributed by atoms with Crippen molar-refractivity contribution in [3.8, 4) is 0 Å². The normalized spacial score (nSPS) is 6.62. The van der Waals surface area contributed by atoms with E-state index in [-0.39, 0.29) is 6.15 Å². The molecule has 8 heavy (non-hydrogen) atoms. The molecule has 0 aromatic heterocycles. The molecule has 0 bridgehead atoms. The van der Waals surface area contributed by atoms with Crippen LogP contribution >= 0.6 is 0 Å². The summed E-state index contributed by atoms with van der Waals surface area (Å²) in [6, 6.07) is 0. The second-order valence-electron chi connectivity index (χ2n) is 0.913. The number of hydrogen-bond donors (Lipinski definition) is 1. The van der Waals surface area contributed by atoms with Crippen molar-refractivity contribution >= 4 is 12.1 Å². The van der Waals surface area contributed by atoms with E-state index in [1.807, 2.05) is 0 Å². The molecule has 0 aliphatic heterocycles. The number of carbonyl (C=O) groups excluding carboxylic acids is 2. The zero-order chi connectivity index (χ0) is 5.86. The van der Waals surface area contributed by atoms with Gasteiger partial charge in [-0.2, -0.15) is 0 Å². The summed E-state index contributed by atoms with van der Waals surface area (Å²) >= 11 is 0. The highest BCUT2D eigenvalue weighted by molar-refractivity contribution is 5.81. The van der Waals surface area contributed by atoms with Crippen LogP contribution in [0.25, 0.3) is 0 Å². The van der Waals surface area contributed by atoms with Crippen molar-refractivity contribution in [1.82, 2.24) is 6.15 Å². The Morgan fingerprint density at radius 3 is 1.88 bits per heavy atom. The first-order valence-corrected chi connectivity index (χ1v) is 1.61. The van der Waals surface area contributed by atoms with Gasteiger partial charge in [0.1, 0.15) is 0 Å². The molecule has 1 amide bonds. The van der Waals surface area contributed by atoms with Crippen molar-refractivity contribution in [2.24, 2.45) is 5.73 Å². The Bertz CT molecular complexity index is 88.7. The summed E-state index contributed by atoms with van der Waals surface area (Å²) in [4.78, 5) is 19.3. The van der Waals surface area contributed by atoms with E-state index in [1.165, 1.54) is 0 Å². The van der Waals surface area contributed by atoms with Crippen molar-refractivity contribution in [3.05, 3.63) is 0 Å². The zero-order valence-electron chi connectivity index (χ0n) is 4.25. The molecular weight excluding hydrogens is 112 g/mol. The third-order valence-electron chi connectivity index (χ3n) is 0.244. The van der Waals surface area contributed by atoms with Gasteiger partial charge in [-0.05, 0) is 0 Å². The molecule has 0 fully saturated rings. The average Bonchev–Trinajstić information content (AvgIpc) is 1.27. The first kappa shape index (κ1) is 10.0. The van der Waals surface area contributed by atoms with Crippen molar-refractivity contribution in [2.45, 2.75) is 6.92 Å². The molecule has 0 atom stereocenters. The summed E-state index contributed by atoms with van der Waals surface area (Å²) in [5.41, 5.74) is 4.41. The van der Waals surface area contributed by atoms with Gasteiger partial charge in [0, 0.05) is 13.1 Å². The first-order valence-electron chi connectivity index (χ1n) is 1.61. The maximum absolute atomic E-state index is 9.73. The molecule has 0 saturated heterocycles. The molecule has 45 valence electrons. The lowest BCUT2D eigenvalue weighted by Gasteiger charge is -1.87. The minimum absolute atomic E-state index is 0. The van der Waals surface area contributed by atoms with Crippen LogP contribution in [0, 0.1) is 0 Å². The minimum atomic E-state index is -1.06. The van der Waals surface area contributed by atoms with Crippen molar-refractivity contribution in [3.63, 3.8) is 0 Å². The van der Waals surface area contributed by atoms with Crippen LogP contribution in [-0.2, 0) is 9.53 Å². The van der Waals surface area contributed by atoms with Gasteiger partial charge in [-0.1, -0.05) is 0 Å². The van der Waals surface area contributed by atoms with E-state index in [0.717, 1.165) is 6.92 Å². The summed E-state index contributed by atoms with van der Waals surface area (Å²) in [6.07, 6.45) is -1.06. The van der Waals surface area contributed by atoms with E-state index in [0.29, 0.717) is 0 Å². The third kappa shape index (κ3) is 8.86. The van der Waals surface area contributed by atoms with Gasteiger partial charge in [0.25, 0.3) is 0 Å². The summed E-state index contributed by atoms with van der Waals surface area (Å²) in [5, 5.41) is 0. The number of esters is 1. The van der Waals surface area contributed by atoms with E-state index in [2.05, 4.69) is 10.5 Å². The highest BCUT2D eigenvalue weighted by atomic mass is 16.6. The third-order valence-corrected chi connectivity index (χ3v) is 0.244. The Kier molecular flexibility index (Phi) is 5.09. The average molecular weight is 117 g/mol. The Hall–Kier alpha value is -1.10. The Balaban J connectivity index is 0. The van der Waals surface area contributed by atoms with Gasteiger partial charge in [-0.15, -0.1) is 0 Å². The van der Waals surface area contributed by atoms with Crippen LogP contribution in [0.3, 0.4) is 0 Å². The minimum Gasteiger partial charge on any atom is -0.377 e. The van der Waals surface area contributed by atoms with Gasteiger partial charge in [0.2, 0.25) is 0 Å². The molecule has 0 aromatic rings. The maximum Gasteiger partial charge on any atom is 0.412 e. The number of primary amides is 1. The second-order valence-corrected chi connectivity index (χ2v) is 0.913. The lowest BCUT2D eigenvalue weighted by atomic mass is 10.8. The number of rotatable bonds is 0. The van der Waals surface area contributed by atoms with Crippen molar-refractivity contribution in [1.29, 1.82) is 0 Å². The first-order chi connectivity index (χ1) is 3.13. The number of carbonyl (C=O) groups is 2. The molecule has 0 heterocycles. The molecule has 0 aliphatic carbocycles. The standard InChI is InChI=1S/C3H5NO3.N/c1-2(5)7-3(4)6;/h1H3,(H2,4,6);. The molecule has 0 aliphatic rings. The summed E-state index contributed by atoms with van der Waals surface area (Å²) in [6.45, 7) is 1.10. The number of nitrogens with two attached hydrogens (primary N) is 1. The van der Waals surface area contributed by atoms with Gasteiger partial charge < -0.3 is 10.5 Å². The van der Waals surface area contributed by atoms with Crippen LogP contribution in [0.4, 0.5) is 4.79 Å². The predicted molar refractivity (Wildman–Crippen MR) is 23.5 cm³/mol. The Morgan fingerprint density at radius 1 is 1.50 bits per heavy atom. The zero-order valence-corrected chi connectivity index (χ0v) is 4.25. The van der Waals surface area contributed by atoms with Crippen LogP contribution in [0.5, 0.6) is 0 Å². The number of amides is 1. The SMILES string of the molecule is CC(=O)OC(N)=O.[N]. The maximum atomic E-state index is 9.73. The molecule has 2 N–H and O–H groups in total. The fourth-order valence-electron chi connectivity index (χ4n) is 0.142. The summed E-state index contributed by atoms with van der Waals surface area (Å²) < 4.78 is 3.75. The molecule has 0 spiro atoms. The van der Waals surface area contributed by atoms with E-state index in [4.69, 9.17) is 0 Å². The van der Waals surface area contributed by atoms with Crippen LogP contribution in [0.2, 0.25) is 0 Å². The molecule has 5 heteroatoms. The van der Waals surface area contributed by atoms with Crippen LogP contribution in [0.1, 0.15) is 6.92 Å². The van der Waals surface area contributed by atoms with Gasteiger partial charge in [0.05, 0.1) is 0 Å². The topological polar surface area (TPSA) is 99.9 Å². The Morgan fingerprint density at radius 2 is 1.88 bits per heavy atom. The van der Waals surface area contributed by atoms with Crippen molar-refractivity contribution < 1.29 is 14.3 Å². The Labute approximate surface area is 46.4 Å². The van der Waals surface area contributed by atoms with E-state index in [1.54, 1.807) is 0 Å². The molecule has 3 radical (unpaired) electrons. The predicted octanol–water partition coefficient (Wildman–Crippen LogP) is -0.852. The monoisotopic (exact) mass is 117 g/mol. The van der Waals surface area contributed by atoms with Crippen LogP contribution < -0.4 is 11.9 Å². The van der Waals surface area contributed by atoms with Crippen molar-refractivity contribution in [2.75, 3.05) is 0 Å². The lowest BCUT2D eigenvalue weighted by Crippen LogP contribution is -2.15. The molecule has 0 saturated carbocycles. The fourth-order valence-corrected chi connectivity index (χ4v) is 0.142. The van der Waals surface area contributed by atoms with Gasteiger partial charge >= 0.3 is 12.1 Å². The smallest absolute Gasteiger partial charge is 0.377 e. The lowest BCUT2D eigenvalue weighted by molar-refractivity contribution is -0.134. The second kappa shape index (κ2) is 4.07. The highest BCUT2D eigenvalue weighted by Gasteiger charge is 1.94. The molecule has 0 unspecified atom stereocenters. The number of hydrogen-bond acceptors (Lipinski definition) is 3. The highest BCUT2D eigenvalue weighted by Crippen LogP contribution is 1.70. The molecule has 5 nitrogen and oxygen atoms in total. The largest absolute Gasteiger partial charge is 0.412 e. The quantitative estimate of drug-likeness (QED) is 0.330. The van der Waals surface area contributed by atoms with Crippen LogP contribution in [0.15, 0.2) is 0 Å². The molecule has 0 rings (SSSR count). The van der Waals surface area contributed by atoms with E-state index < -0.39 is 12.1 Å².